The van der Waals surface area contributed by atoms with Crippen LogP contribution >= 0.6 is 15.9 Å². The Bertz CT molecular complexity index is 1170. The quantitative estimate of drug-likeness (QED) is 0.590. The smallest absolute Gasteiger partial charge is 0.336 e. The second-order valence-corrected chi connectivity index (χ2v) is 8.78. The van der Waals surface area contributed by atoms with Gasteiger partial charge in [0.15, 0.2) is 5.78 Å². The summed E-state index contributed by atoms with van der Waals surface area (Å²) in [6.45, 7) is 1.79. The first kappa shape index (κ1) is 22.3. The Labute approximate surface area is 194 Å². The van der Waals surface area contributed by atoms with Gasteiger partial charge in [0.1, 0.15) is 11.6 Å². The number of carbonyl (C=O) groups excluding carboxylic acids is 2. The average molecular weight is 500 g/mol. The summed E-state index contributed by atoms with van der Waals surface area (Å²) in [5, 5.41) is 3.29. The minimum atomic E-state index is -0.637. The molecule has 0 fully saturated rings. The largest absolute Gasteiger partial charge is 0.496 e. The number of Topliss-reactive ketones (excluding diaryl/α,β-unsaturated/α-hetero) is 1. The number of para-hydroxylation sites is 1. The van der Waals surface area contributed by atoms with Crippen molar-refractivity contribution >= 4 is 27.7 Å². The van der Waals surface area contributed by atoms with Gasteiger partial charge in [-0.05, 0) is 58.6 Å². The van der Waals surface area contributed by atoms with Crippen LogP contribution in [0, 0.1) is 5.82 Å². The van der Waals surface area contributed by atoms with E-state index in [9.17, 15) is 14.0 Å². The third-order valence-corrected chi connectivity index (χ3v) is 6.70. The van der Waals surface area contributed by atoms with E-state index >= 15 is 0 Å². The number of nitrogens with one attached hydrogen (secondary N) is 1. The normalized spacial score (nSPS) is 20.6. The Morgan fingerprint density at radius 1 is 1.16 bits per heavy atom. The fourth-order valence-corrected chi connectivity index (χ4v) is 5.06. The van der Waals surface area contributed by atoms with Crippen LogP contribution in [0.2, 0.25) is 0 Å². The molecule has 0 spiro atoms. The van der Waals surface area contributed by atoms with E-state index in [0.29, 0.717) is 28.8 Å². The lowest BCUT2D eigenvalue weighted by atomic mass is 9.71. The molecule has 1 aliphatic carbocycles. The molecule has 0 bridgehead atoms. The van der Waals surface area contributed by atoms with E-state index in [1.54, 1.807) is 26.2 Å². The molecule has 32 heavy (non-hydrogen) atoms. The molecule has 2 aromatic rings. The van der Waals surface area contributed by atoms with E-state index in [4.69, 9.17) is 9.47 Å². The number of allylic oxidation sites excluding steroid dienone is 3. The van der Waals surface area contributed by atoms with E-state index in [-0.39, 0.29) is 22.6 Å². The maximum atomic E-state index is 13.9. The molecule has 2 aliphatic rings. The zero-order chi connectivity index (χ0) is 23.0. The molecule has 2 aromatic carbocycles. The lowest BCUT2D eigenvalue weighted by Crippen LogP contribution is -2.36. The average Bonchev–Trinajstić information content (AvgIpc) is 2.79. The standard InChI is InChI=1S/C25H23BrFNO4/c1-13-22(25(30)32-3)23(14-8-9-18(27)17(26)10-14)24-19(28-13)11-15(12-20(24)29)16-6-4-5-7-21(16)31-2/h4-10,15,23,28H,11-12H2,1-3H3. The van der Waals surface area contributed by atoms with Crippen molar-refractivity contribution in [3.63, 3.8) is 0 Å². The van der Waals surface area contributed by atoms with Crippen LogP contribution in [0.1, 0.15) is 42.7 Å². The second-order valence-electron chi connectivity index (χ2n) is 7.92. The molecule has 0 saturated heterocycles. The molecule has 0 aromatic heterocycles. The zero-order valence-corrected chi connectivity index (χ0v) is 19.6. The van der Waals surface area contributed by atoms with Gasteiger partial charge in [0.2, 0.25) is 0 Å². The van der Waals surface area contributed by atoms with Crippen molar-refractivity contribution in [3.8, 4) is 5.75 Å². The Balaban J connectivity index is 1.83. The van der Waals surface area contributed by atoms with Gasteiger partial charge in [-0.15, -0.1) is 0 Å². The highest BCUT2D eigenvalue weighted by Gasteiger charge is 2.41. The van der Waals surface area contributed by atoms with Crippen molar-refractivity contribution in [2.24, 2.45) is 0 Å². The summed E-state index contributed by atoms with van der Waals surface area (Å²) in [5.41, 5.74) is 3.89. The molecule has 0 amide bonds. The SMILES string of the molecule is COC(=O)C1=C(C)NC2=C(C(=O)CC(c3ccccc3OC)C2)C1c1ccc(F)c(Br)c1. The summed E-state index contributed by atoms with van der Waals surface area (Å²) in [5.74, 6) is -0.949. The first-order valence-electron chi connectivity index (χ1n) is 10.3. The first-order chi connectivity index (χ1) is 15.3. The maximum Gasteiger partial charge on any atom is 0.336 e. The van der Waals surface area contributed by atoms with Crippen LogP contribution in [-0.4, -0.2) is 26.0 Å². The highest BCUT2D eigenvalue weighted by atomic mass is 79.9. The van der Waals surface area contributed by atoms with Crippen molar-refractivity contribution in [1.82, 2.24) is 5.32 Å². The highest BCUT2D eigenvalue weighted by molar-refractivity contribution is 9.10. The van der Waals surface area contributed by atoms with Crippen LogP contribution in [0.5, 0.6) is 5.75 Å². The lowest BCUT2D eigenvalue weighted by Gasteiger charge is -2.36. The van der Waals surface area contributed by atoms with Crippen LogP contribution in [0.15, 0.2) is 69.5 Å². The number of ether oxygens (including phenoxy) is 2. The number of hydrogen-bond donors (Lipinski definition) is 1. The highest BCUT2D eigenvalue weighted by Crippen LogP contribution is 2.47. The molecule has 0 saturated carbocycles. The minimum absolute atomic E-state index is 0.0574. The van der Waals surface area contributed by atoms with Gasteiger partial charge < -0.3 is 14.8 Å². The molecule has 2 unspecified atom stereocenters. The summed E-state index contributed by atoms with van der Waals surface area (Å²) in [6.07, 6.45) is 0.874. The predicted molar refractivity (Wildman–Crippen MR) is 122 cm³/mol. The summed E-state index contributed by atoms with van der Waals surface area (Å²) >= 11 is 3.22. The predicted octanol–water partition coefficient (Wildman–Crippen LogP) is 5.13. The number of carbonyl (C=O) groups is 2. The van der Waals surface area contributed by atoms with Gasteiger partial charge in [0.25, 0.3) is 0 Å². The Morgan fingerprint density at radius 3 is 2.59 bits per heavy atom. The number of methoxy groups -OCH3 is 2. The number of halogens is 2. The Kier molecular flexibility index (Phi) is 6.20. The number of hydrogen-bond acceptors (Lipinski definition) is 5. The number of benzene rings is 2. The minimum Gasteiger partial charge on any atom is -0.496 e. The molecule has 1 aliphatic heterocycles. The van der Waals surface area contributed by atoms with Gasteiger partial charge in [-0.2, -0.15) is 0 Å². The third-order valence-electron chi connectivity index (χ3n) is 6.09. The van der Waals surface area contributed by atoms with Gasteiger partial charge in [-0.25, -0.2) is 9.18 Å². The fourth-order valence-electron chi connectivity index (χ4n) is 4.67. The van der Waals surface area contributed by atoms with Gasteiger partial charge in [0.05, 0.1) is 24.3 Å². The summed E-state index contributed by atoms with van der Waals surface area (Å²) < 4.78 is 24.7. The van der Waals surface area contributed by atoms with E-state index < -0.39 is 17.7 Å². The second kappa shape index (κ2) is 8.90. The molecule has 1 heterocycles. The van der Waals surface area contributed by atoms with Crippen LogP contribution in [0.3, 0.4) is 0 Å². The van der Waals surface area contributed by atoms with Crippen molar-refractivity contribution < 1.29 is 23.5 Å². The number of ketones is 1. The van der Waals surface area contributed by atoms with Crippen molar-refractivity contribution in [2.45, 2.75) is 31.6 Å². The van der Waals surface area contributed by atoms with E-state index in [0.717, 1.165) is 17.0 Å². The van der Waals surface area contributed by atoms with E-state index in [2.05, 4.69) is 21.2 Å². The van der Waals surface area contributed by atoms with Gasteiger partial charge in [-0.1, -0.05) is 24.3 Å². The summed E-state index contributed by atoms with van der Waals surface area (Å²) in [6, 6.07) is 12.2. The van der Waals surface area contributed by atoms with Crippen molar-refractivity contribution in [2.75, 3.05) is 14.2 Å². The van der Waals surface area contributed by atoms with Crippen LogP contribution in [0.4, 0.5) is 4.39 Å². The topological polar surface area (TPSA) is 64.6 Å². The number of esters is 1. The van der Waals surface area contributed by atoms with Gasteiger partial charge in [-0.3, -0.25) is 4.79 Å². The molecular weight excluding hydrogens is 477 g/mol. The van der Waals surface area contributed by atoms with E-state index in [1.807, 2.05) is 24.3 Å². The van der Waals surface area contributed by atoms with Crippen LogP contribution < -0.4 is 10.1 Å². The van der Waals surface area contributed by atoms with Crippen molar-refractivity contribution in [1.29, 1.82) is 0 Å². The molecule has 7 heteroatoms. The Morgan fingerprint density at radius 2 is 1.91 bits per heavy atom. The number of dihydropyridines is 1. The molecule has 4 rings (SSSR count). The molecule has 2 atom stereocenters. The lowest BCUT2D eigenvalue weighted by molar-refractivity contribution is -0.136. The first-order valence-corrected chi connectivity index (χ1v) is 11.0. The van der Waals surface area contributed by atoms with Gasteiger partial charge in [0, 0.05) is 35.2 Å². The van der Waals surface area contributed by atoms with Crippen LogP contribution in [0.25, 0.3) is 0 Å². The molecule has 166 valence electrons. The van der Waals surface area contributed by atoms with Gasteiger partial charge >= 0.3 is 5.97 Å². The zero-order valence-electron chi connectivity index (χ0n) is 18.0. The third kappa shape index (κ3) is 3.86. The number of rotatable bonds is 4. The Hall–Kier alpha value is -2.93. The molecular formula is C25H23BrFNO4. The summed E-state index contributed by atoms with van der Waals surface area (Å²) in [7, 11) is 2.93. The fraction of sp³-hybridized carbons (Fsp3) is 0.280. The maximum absolute atomic E-state index is 13.9. The van der Waals surface area contributed by atoms with Crippen LogP contribution in [-0.2, 0) is 14.3 Å². The van der Waals surface area contributed by atoms with Crippen molar-refractivity contribution in [3.05, 3.63) is 86.4 Å². The van der Waals surface area contributed by atoms with E-state index in [1.165, 1.54) is 13.2 Å². The molecule has 1 N–H and O–H groups in total. The molecule has 0 radical (unpaired) electrons. The summed E-state index contributed by atoms with van der Waals surface area (Å²) in [4.78, 5) is 26.2. The molecule has 5 nitrogen and oxygen atoms in total. The monoisotopic (exact) mass is 499 g/mol.